The van der Waals surface area contributed by atoms with Crippen molar-refractivity contribution in [3.8, 4) is 11.1 Å². The second-order valence-electron chi connectivity index (χ2n) is 7.03. The van der Waals surface area contributed by atoms with Crippen molar-refractivity contribution in [3.63, 3.8) is 0 Å². The third kappa shape index (κ3) is 5.41. The molecule has 0 aromatic heterocycles. The summed E-state index contributed by atoms with van der Waals surface area (Å²) in [6.07, 6.45) is 0.968. The molecule has 3 rings (SSSR count). The summed E-state index contributed by atoms with van der Waals surface area (Å²) in [4.78, 5) is 15.7. The normalized spacial score (nSPS) is 18.1. The zero-order chi connectivity index (χ0) is 20.3. The lowest BCUT2D eigenvalue weighted by atomic mass is 9.97. The molecule has 0 N–H and O–H groups in total. The molecule has 29 heavy (non-hydrogen) atoms. The van der Waals surface area contributed by atoms with Crippen molar-refractivity contribution in [1.82, 2.24) is 9.80 Å². The van der Waals surface area contributed by atoms with Crippen molar-refractivity contribution in [2.45, 2.75) is 32.4 Å². The van der Waals surface area contributed by atoms with Gasteiger partial charge in [0.25, 0.3) is 0 Å². The lowest BCUT2D eigenvalue weighted by Crippen LogP contribution is -2.45. The molecule has 2 aromatic rings. The number of rotatable bonds is 4. The lowest BCUT2D eigenvalue weighted by Gasteiger charge is -2.29. The van der Waals surface area contributed by atoms with E-state index in [2.05, 4.69) is 4.36 Å². The topological polar surface area (TPSA) is 70.1 Å². The molecule has 156 valence electrons. The molecule has 1 saturated heterocycles. The standard InChI is InChI=1S/C20H22FN3O3S.CH4/c1-23(2)20(25)24-10-9-18(22-28(26)27)19(24)12-14-5-3-6-15(11-14)16-7-4-8-17(21)13-16;/h3-8,11,13,18-19H,9-10,12H2,1-2H3;1H4/t18-,19-;/m0./s1. The van der Waals surface area contributed by atoms with Crippen LogP contribution in [0.1, 0.15) is 19.4 Å². The smallest absolute Gasteiger partial charge is 0.319 e. The van der Waals surface area contributed by atoms with Crippen LogP contribution in [0.15, 0.2) is 52.9 Å². The number of amides is 2. The fraction of sp³-hybridized carbons (Fsp3) is 0.381. The predicted molar refractivity (Wildman–Crippen MR) is 112 cm³/mol. The Morgan fingerprint density at radius 1 is 1.17 bits per heavy atom. The van der Waals surface area contributed by atoms with Gasteiger partial charge in [-0.1, -0.05) is 43.8 Å². The number of benzene rings is 2. The van der Waals surface area contributed by atoms with Crippen LogP contribution in [0.5, 0.6) is 0 Å². The summed E-state index contributed by atoms with van der Waals surface area (Å²) in [5, 5.41) is 0. The molecule has 2 atom stereocenters. The maximum Gasteiger partial charge on any atom is 0.319 e. The molecule has 8 heteroatoms. The molecule has 1 aliphatic rings. The van der Waals surface area contributed by atoms with Crippen molar-refractivity contribution in [2.24, 2.45) is 4.36 Å². The van der Waals surface area contributed by atoms with Crippen molar-refractivity contribution in [2.75, 3.05) is 20.6 Å². The molecule has 1 fully saturated rings. The summed E-state index contributed by atoms with van der Waals surface area (Å²) in [5.41, 5.74) is 2.56. The van der Waals surface area contributed by atoms with E-state index in [-0.39, 0.29) is 25.3 Å². The van der Waals surface area contributed by atoms with Crippen LogP contribution in [-0.2, 0) is 16.9 Å². The van der Waals surface area contributed by atoms with Crippen LogP contribution in [0.3, 0.4) is 0 Å². The van der Waals surface area contributed by atoms with Crippen molar-refractivity contribution in [1.29, 1.82) is 0 Å². The summed E-state index contributed by atoms with van der Waals surface area (Å²) in [6, 6.07) is 13.0. The maximum atomic E-state index is 13.5. The number of carbonyl (C=O) groups is 1. The number of carbonyl (C=O) groups excluding carboxylic acids is 1. The molecule has 0 spiro atoms. The highest BCUT2D eigenvalue weighted by molar-refractivity contribution is 7.61. The number of urea groups is 1. The van der Waals surface area contributed by atoms with Gasteiger partial charge in [-0.2, -0.15) is 12.8 Å². The molecule has 0 unspecified atom stereocenters. The van der Waals surface area contributed by atoms with Gasteiger partial charge in [0.1, 0.15) is 5.82 Å². The minimum Gasteiger partial charge on any atom is -0.331 e. The Labute approximate surface area is 172 Å². The summed E-state index contributed by atoms with van der Waals surface area (Å²) in [5.74, 6) is -0.307. The van der Waals surface area contributed by atoms with Crippen LogP contribution < -0.4 is 0 Å². The number of hydrogen-bond donors (Lipinski definition) is 0. The van der Waals surface area contributed by atoms with Crippen molar-refractivity contribution >= 4 is 16.5 Å². The quantitative estimate of drug-likeness (QED) is 0.756. The van der Waals surface area contributed by atoms with E-state index in [9.17, 15) is 17.6 Å². The SMILES string of the molecule is C.CN(C)C(=O)N1CC[C@H](N=S(=O)=O)[C@@H]1Cc1cccc(-c2cccc(F)c2)c1. The van der Waals surface area contributed by atoms with Crippen molar-refractivity contribution < 1.29 is 17.6 Å². The lowest BCUT2D eigenvalue weighted by molar-refractivity contribution is 0.164. The van der Waals surface area contributed by atoms with Crippen LogP contribution in [-0.4, -0.2) is 57.0 Å². The average Bonchev–Trinajstić information content (AvgIpc) is 3.02. The molecule has 0 saturated carbocycles. The van der Waals surface area contributed by atoms with E-state index in [0.717, 1.165) is 16.7 Å². The van der Waals surface area contributed by atoms with E-state index in [1.807, 2.05) is 30.3 Å². The predicted octanol–water partition coefficient (Wildman–Crippen LogP) is 3.86. The molecule has 0 aliphatic carbocycles. The second kappa shape index (κ2) is 9.65. The van der Waals surface area contributed by atoms with Crippen LogP contribution in [0.2, 0.25) is 0 Å². The monoisotopic (exact) mass is 419 g/mol. The Morgan fingerprint density at radius 2 is 1.83 bits per heavy atom. The molecule has 0 bridgehead atoms. The fourth-order valence-electron chi connectivity index (χ4n) is 3.60. The third-order valence-corrected chi connectivity index (χ3v) is 5.33. The highest BCUT2D eigenvalue weighted by atomic mass is 32.2. The average molecular weight is 420 g/mol. The summed E-state index contributed by atoms with van der Waals surface area (Å²) in [7, 11) is 0.806. The van der Waals surface area contributed by atoms with Gasteiger partial charge in [0, 0.05) is 20.6 Å². The molecule has 0 radical (unpaired) electrons. The third-order valence-electron chi connectivity index (χ3n) is 4.89. The molecule has 2 aromatic carbocycles. The highest BCUT2D eigenvalue weighted by Gasteiger charge is 2.38. The Bertz CT molecular complexity index is 1000. The van der Waals surface area contributed by atoms with E-state index in [4.69, 9.17) is 0 Å². The van der Waals surface area contributed by atoms with Gasteiger partial charge in [0.15, 0.2) is 0 Å². The molecular weight excluding hydrogens is 393 g/mol. The minimum atomic E-state index is -2.53. The molecule has 1 aliphatic heterocycles. The van der Waals surface area contributed by atoms with E-state index < -0.39 is 16.5 Å². The van der Waals surface area contributed by atoms with Gasteiger partial charge >= 0.3 is 16.5 Å². The molecule has 1 heterocycles. The van der Waals surface area contributed by atoms with Crippen LogP contribution in [0, 0.1) is 5.82 Å². The number of hydrogen-bond acceptors (Lipinski definition) is 4. The molecular formula is C21H26FN3O3S. The Kier molecular flexibility index (Phi) is 7.50. The van der Waals surface area contributed by atoms with Crippen LogP contribution in [0.4, 0.5) is 9.18 Å². The number of nitrogens with zero attached hydrogens (tertiary/aromatic N) is 3. The molecule has 6 nitrogen and oxygen atoms in total. The van der Waals surface area contributed by atoms with Gasteiger partial charge < -0.3 is 9.80 Å². The van der Waals surface area contributed by atoms with Gasteiger partial charge in [-0.05, 0) is 41.7 Å². The zero-order valence-corrected chi connectivity index (χ0v) is 16.6. The summed E-state index contributed by atoms with van der Waals surface area (Å²) in [6.45, 7) is 0.455. The number of likely N-dealkylation sites (tertiary alicyclic amines) is 1. The van der Waals surface area contributed by atoms with Crippen molar-refractivity contribution in [3.05, 3.63) is 59.9 Å². The van der Waals surface area contributed by atoms with E-state index >= 15 is 0 Å². The minimum absolute atomic E-state index is 0. The summed E-state index contributed by atoms with van der Waals surface area (Å²) < 4.78 is 39.6. The zero-order valence-electron chi connectivity index (χ0n) is 15.7. The van der Waals surface area contributed by atoms with E-state index in [1.165, 1.54) is 17.0 Å². The first-order valence-electron chi connectivity index (χ1n) is 8.98. The Hall–Kier alpha value is -2.74. The first-order valence-corrected chi connectivity index (χ1v) is 10.0. The van der Waals surface area contributed by atoms with Crippen LogP contribution in [0.25, 0.3) is 11.1 Å². The van der Waals surface area contributed by atoms with Gasteiger partial charge in [0.2, 0.25) is 0 Å². The van der Waals surface area contributed by atoms with Gasteiger partial charge in [-0.15, -0.1) is 0 Å². The van der Waals surface area contributed by atoms with Crippen LogP contribution >= 0.6 is 0 Å². The fourth-order valence-corrected chi connectivity index (χ4v) is 4.07. The van der Waals surface area contributed by atoms with E-state index in [0.29, 0.717) is 19.4 Å². The maximum absolute atomic E-state index is 13.5. The molecule has 2 amide bonds. The second-order valence-corrected chi connectivity index (χ2v) is 7.68. The largest absolute Gasteiger partial charge is 0.331 e. The van der Waals surface area contributed by atoms with E-state index in [1.54, 1.807) is 25.1 Å². The highest BCUT2D eigenvalue weighted by Crippen LogP contribution is 2.27. The Balaban J connectivity index is 0.00000300. The first kappa shape index (κ1) is 22.5. The van der Waals surface area contributed by atoms with Gasteiger partial charge in [0.05, 0.1) is 12.1 Å². The first-order chi connectivity index (χ1) is 13.3. The van der Waals surface area contributed by atoms with Gasteiger partial charge in [-0.3, -0.25) is 0 Å². The summed E-state index contributed by atoms with van der Waals surface area (Å²) >= 11 is 0. The Morgan fingerprint density at radius 3 is 2.45 bits per heavy atom. The number of halogens is 1. The van der Waals surface area contributed by atoms with Gasteiger partial charge in [-0.25, -0.2) is 9.18 Å².